The number of carbonyl (C=O) groups excluding carboxylic acids is 1. The van der Waals surface area contributed by atoms with Crippen molar-refractivity contribution in [3.05, 3.63) is 59.9 Å². The van der Waals surface area contributed by atoms with Gasteiger partial charge in [0.15, 0.2) is 17.9 Å². The van der Waals surface area contributed by atoms with Crippen LogP contribution in [0.3, 0.4) is 0 Å². The molecular weight excluding hydrogens is 323 g/mol. The number of para-hydroxylation sites is 1. The number of halogens is 1. The molecular formula is C20H21FO4. The van der Waals surface area contributed by atoms with Gasteiger partial charge >= 0.3 is 5.97 Å². The summed E-state index contributed by atoms with van der Waals surface area (Å²) in [6.45, 7) is 1.73. The van der Waals surface area contributed by atoms with Crippen molar-refractivity contribution in [2.45, 2.75) is 45.0 Å². The van der Waals surface area contributed by atoms with Gasteiger partial charge < -0.3 is 14.2 Å². The summed E-state index contributed by atoms with van der Waals surface area (Å²) < 4.78 is 30.6. The topological polar surface area (TPSA) is 44.8 Å². The van der Waals surface area contributed by atoms with E-state index in [1.54, 1.807) is 31.2 Å². The molecule has 0 heterocycles. The molecule has 1 atom stereocenters. The smallest absolute Gasteiger partial charge is 0.343 e. The molecule has 2 aromatic carbocycles. The first-order valence-corrected chi connectivity index (χ1v) is 8.51. The molecule has 1 aliphatic rings. The molecule has 0 aliphatic heterocycles. The van der Waals surface area contributed by atoms with E-state index in [1.807, 2.05) is 6.07 Å². The molecule has 2 aromatic rings. The summed E-state index contributed by atoms with van der Waals surface area (Å²) in [6, 6.07) is 12.6. The first-order valence-electron chi connectivity index (χ1n) is 8.51. The van der Waals surface area contributed by atoms with Gasteiger partial charge in [-0.05, 0) is 50.1 Å². The van der Waals surface area contributed by atoms with Crippen molar-refractivity contribution in [1.29, 1.82) is 0 Å². The number of hydrogen-bond acceptors (Lipinski definition) is 4. The van der Waals surface area contributed by atoms with Crippen LogP contribution >= 0.6 is 0 Å². The third-order valence-electron chi connectivity index (χ3n) is 4.10. The van der Waals surface area contributed by atoms with Crippen LogP contribution in [0.15, 0.2) is 48.5 Å². The Morgan fingerprint density at radius 3 is 2.56 bits per heavy atom. The fraction of sp³-hybridized carbons (Fsp3) is 0.350. The highest BCUT2D eigenvalue weighted by Crippen LogP contribution is 2.25. The summed E-state index contributed by atoms with van der Waals surface area (Å²) >= 11 is 0. The lowest BCUT2D eigenvalue weighted by atomic mass is 10.2. The van der Waals surface area contributed by atoms with E-state index in [4.69, 9.17) is 14.2 Å². The average Bonchev–Trinajstić information content (AvgIpc) is 3.10. The summed E-state index contributed by atoms with van der Waals surface area (Å²) in [5, 5.41) is 0. The third kappa shape index (κ3) is 4.79. The standard InChI is InChI=1S/C20H21FO4/c1-14(23-16-9-5-6-10-16)24-19-13-15(11-12-18(19)21)20(22)25-17-7-3-2-4-8-17/h2-4,7-8,11-14,16H,5-6,9-10H2,1H3. The quantitative estimate of drug-likeness (QED) is 0.432. The monoisotopic (exact) mass is 344 g/mol. The van der Waals surface area contributed by atoms with Crippen molar-refractivity contribution >= 4 is 5.97 Å². The Morgan fingerprint density at radius 1 is 1.12 bits per heavy atom. The molecule has 1 unspecified atom stereocenters. The Bertz CT molecular complexity index is 711. The molecule has 1 saturated carbocycles. The second-order valence-corrected chi connectivity index (χ2v) is 6.08. The minimum absolute atomic E-state index is 0.0204. The van der Waals surface area contributed by atoms with Crippen LogP contribution < -0.4 is 9.47 Å². The summed E-state index contributed by atoms with van der Waals surface area (Å²) in [5.74, 6) is -0.705. The fourth-order valence-electron chi connectivity index (χ4n) is 2.88. The van der Waals surface area contributed by atoms with Crippen molar-refractivity contribution in [2.75, 3.05) is 0 Å². The van der Waals surface area contributed by atoms with E-state index in [1.165, 1.54) is 18.2 Å². The van der Waals surface area contributed by atoms with E-state index in [0.717, 1.165) is 25.7 Å². The second kappa shape index (κ2) is 8.12. The fourth-order valence-corrected chi connectivity index (χ4v) is 2.88. The number of carbonyl (C=O) groups is 1. The van der Waals surface area contributed by atoms with E-state index in [-0.39, 0.29) is 17.4 Å². The molecule has 1 aliphatic carbocycles. The van der Waals surface area contributed by atoms with E-state index >= 15 is 0 Å². The van der Waals surface area contributed by atoms with Crippen LogP contribution in [-0.2, 0) is 4.74 Å². The molecule has 0 N–H and O–H groups in total. The normalized spacial score (nSPS) is 15.8. The van der Waals surface area contributed by atoms with Crippen LogP contribution in [0.5, 0.6) is 11.5 Å². The lowest BCUT2D eigenvalue weighted by Gasteiger charge is -2.20. The number of ether oxygens (including phenoxy) is 3. The van der Waals surface area contributed by atoms with Crippen LogP contribution in [0, 0.1) is 5.82 Å². The third-order valence-corrected chi connectivity index (χ3v) is 4.10. The van der Waals surface area contributed by atoms with Crippen molar-refractivity contribution < 1.29 is 23.4 Å². The van der Waals surface area contributed by atoms with Crippen molar-refractivity contribution in [1.82, 2.24) is 0 Å². The Labute approximate surface area is 146 Å². The zero-order chi connectivity index (χ0) is 17.6. The van der Waals surface area contributed by atoms with E-state index in [2.05, 4.69) is 0 Å². The van der Waals surface area contributed by atoms with Crippen molar-refractivity contribution in [3.8, 4) is 11.5 Å². The molecule has 0 aromatic heterocycles. The molecule has 25 heavy (non-hydrogen) atoms. The minimum atomic E-state index is -0.585. The first-order chi connectivity index (χ1) is 12.1. The Morgan fingerprint density at radius 2 is 1.84 bits per heavy atom. The maximum atomic E-state index is 14.0. The average molecular weight is 344 g/mol. The maximum Gasteiger partial charge on any atom is 0.343 e. The number of hydrogen-bond donors (Lipinski definition) is 0. The lowest BCUT2D eigenvalue weighted by molar-refractivity contribution is -0.106. The van der Waals surface area contributed by atoms with Crippen molar-refractivity contribution in [3.63, 3.8) is 0 Å². The molecule has 0 bridgehead atoms. The van der Waals surface area contributed by atoms with E-state index in [0.29, 0.717) is 5.75 Å². The summed E-state index contributed by atoms with van der Waals surface area (Å²) in [6.07, 6.45) is 3.86. The molecule has 0 spiro atoms. The van der Waals surface area contributed by atoms with Gasteiger partial charge in [-0.1, -0.05) is 31.0 Å². The SMILES string of the molecule is CC(Oc1cc(C(=O)Oc2ccccc2)ccc1F)OC1CCCC1. The summed E-state index contributed by atoms with van der Waals surface area (Å²) in [7, 11) is 0. The molecule has 3 rings (SSSR count). The molecule has 4 nitrogen and oxygen atoms in total. The Hall–Kier alpha value is -2.40. The predicted molar refractivity (Wildman–Crippen MR) is 91.2 cm³/mol. The van der Waals surface area contributed by atoms with E-state index in [9.17, 15) is 9.18 Å². The number of benzene rings is 2. The highest BCUT2D eigenvalue weighted by Gasteiger charge is 2.20. The zero-order valence-corrected chi connectivity index (χ0v) is 14.1. The Balaban J connectivity index is 1.66. The van der Waals surface area contributed by atoms with Gasteiger partial charge in [0.2, 0.25) is 0 Å². The molecule has 132 valence electrons. The van der Waals surface area contributed by atoms with Gasteiger partial charge in [-0.25, -0.2) is 9.18 Å². The highest BCUT2D eigenvalue weighted by molar-refractivity contribution is 5.91. The molecule has 0 amide bonds. The maximum absolute atomic E-state index is 14.0. The van der Waals surface area contributed by atoms with E-state index < -0.39 is 18.1 Å². The lowest BCUT2D eigenvalue weighted by Crippen LogP contribution is -2.23. The number of esters is 1. The van der Waals surface area contributed by atoms with Gasteiger partial charge in [-0.2, -0.15) is 0 Å². The van der Waals surface area contributed by atoms with Crippen molar-refractivity contribution in [2.24, 2.45) is 0 Å². The molecule has 5 heteroatoms. The zero-order valence-electron chi connectivity index (χ0n) is 14.1. The van der Waals surface area contributed by atoms with Gasteiger partial charge in [0.1, 0.15) is 5.75 Å². The summed E-state index contributed by atoms with van der Waals surface area (Å²) in [5.41, 5.74) is 0.216. The second-order valence-electron chi connectivity index (χ2n) is 6.08. The van der Waals surface area contributed by atoms with Gasteiger partial charge in [0.25, 0.3) is 0 Å². The predicted octanol–water partition coefficient (Wildman–Crippen LogP) is 4.73. The van der Waals surface area contributed by atoms with Crippen LogP contribution in [0.2, 0.25) is 0 Å². The highest BCUT2D eigenvalue weighted by atomic mass is 19.1. The Kier molecular flexibility index (Phi) is 5.66. The number of rotatable bonds is 6. The largest absolute Gasteiger partial charge is 0.462 e. The van der Waals surface area contributed by atoms with Crippen LogP contribution in [0.25, 0.3) is 0 Å². The van der Waals surface area contributed by atoms with Crippen LogP contribution in [0.4, 0.5) is 4.39 Å². The van der Waals surface area contributed by atoms with Crippen LogP contribution in [0.1, 0.15) is 43.0 Å². The molecule has 1 fully saturated rings. The first kappa shape index (κ1) is 17.4. The van der Waals surface area contributed by atoms with Gasteiger partial charge in [0.05, 0.1) is 11.7 Å². The minimum Gasteiger partial charge on any atom is -0.462 e. The van der Waals surface area contributed by atoms with Gasteiger partial charge in [0, 0.05) is 0 Å². The molecule has 0 saturated heterocycles. The van der Waals surface area contributed by atoms with Crippen LogP contribution in [-0.4, -0.2) is 18.4 Å². The molecule has 0 radical (unpaired) electrons. The van der Waals surface area contributed by atoms with Gasteiger partial charge in [-0.15, -0.1) is 0 Å². The van der Waals surface area contributed by atoms with Gasteiger partial charge in [-0.3, -0.25) is 0 Å². The summed E-state index contributed by atoms with van der Waals surface area (Å²) in [4.78, 5) is 12.2.